The molecule has 2 unspecified atom stereocenters. The van der Waals surface area contributed by atoms with Gasteiger partial charge in [-0.1, -0.05) is 30.3 Å². The molecule has 3 aromatic carbocycles. The lowest BCUT2D eigenvalue weighted by molar-refractivity contribution is -0.117. The number of carbonyl (C=O) groups is 1. The first-order valence-electron chi connectivity index (χ1n) is 11.5. The van der Waals surface area contributed by atoms with Gasteiger partial charge in [-0.2, -0.15) is 5.10 Å². The van der Waals surface area contributed by atoms with Crippen LogP contribution in [-0.4, -0.2) is 35.4 Å². The van der Waals surface area contributed by atoms with E-state index in [4.69, 9.17) is 0 Å². The van der Waals surface area contributed by atoms with Crippen LogP contribution in [0.5, 0.6) is 0 Å². The van der Waals surface area contributed by atoms with Crippen molar-refractivity contribution in [3.8, 4) is 5.69 Å². The van der Waals surface area contributed by atoms with E-state index >= 15 is 0 Å². The molecular weight excluding hydrogens is 467 g/mol. The molecule has 35 heavy (non-hydrogen) atoms. The number of carbonyl (C=O) groups excluding carboxylic acids is 1. The van der Waals surface area contributed by atoms with E-state index in [1.54, 1.807) is 27.9 Å². The van der Waals surface area contributed by atoms with Gasteiger partial charge in [-0.25, -0.2) is 22.2 Å². The van der Waals surface area contributed by atoms with E-state index < -0.39 is 22.1 Å². The minimum atomic E-state index is -3.47. The predicted octanol–water partition coefficient (Wildman–Crippen LogP) is 4.09. The van der Waals surface area contributed by atoms with Gasteiger partial charge in [0.05, 0.1) is 34.7 Å². The zero-order valence-corrected chi connectivity index (χ0v) is 19.5. The van der Waals surface area contributed by atoms with Crippen molar-refractivity contribution >= 4 is 32.5 Å². The van der Waals surface area contributed by atoms with Crippen LogP contribution in [0.3, 0.4) is 0 Å². The number of hydrogen-bond acceptors (Lipinski definition) is 4. The number of sulfonamides is 1. The highest BCUT2D eigenvalue weighted by molar-refractivity contribution is 7.90. The standard InChI is InChI=1S/C26H23FN4O3S/c27-19-6-8-20(9-7-19)31-24-13-10-21(14-18(24)16-28-31)30-25(32)15-23(29-35(33,34)22-11-12-22)26(30)17-4-2-1-3-5-17/h1-10,13-14,16,22-23,26,29H,11-12,15H2. The zero-order chi connectivity index (χ0) is 24.2. The predicted molar refractivity (Wildman–Crippen MR) is 131 cm³/mol. The number of hydrogen-bond donors (Lipinski definition) is 1. The minimum Gasteiger partial charge on any atom is -0.303 e. The van der Waals surface area contributed by atoms with Crippen LogP contribution in [0.15, 0.2) is 79.0 Å². The van der Waals surface area contributed by atoms with Crippen molar-refractivity contribution in [2.45, 2.75) is 36.6 Å². The second-order valence-corrected chi connectivity index (χ2v) is 11.1. The third kappa shape index (κ3) is 4.00. The molecule has 178 valence electrons. The van der Waals surface area contributed by atoms with Crippen LogP contribution >= 0.6 is 0 Å². The van der Waals surface area contributed by atoms with Gasteiger partial charge in [0, 0.05) is 17.5 Å². The van der Waals surface area contributed by atoms with Gasteiger partial charge in [-0.15, -0.1) is 0 Å². The zero-order valence-electron chi connectivity index (χ0n) is 18.7. The van der Waals surface area contributed by atoms with Crippen LogP contribution in [-0.2, 0) is 14.8 Å². The molecule has 0 bridgehead atoms. The number of fused-ring (bicyclic) bond motifs is 1. The second-order valence-electron chi connectivity index (χ2n) is 9.07. The van der Waals surface area contributed by atoms with Gasteiger partial charge in [0.2, 0.25) is 15.9 Å². The Hall–Kier alpha value is -3.56. The summed E-state index contributed by atoms with van der Waals surface area (Å²) in [4.78, 5) is 15.0. The van der Waals surface area contributed by atoms with E-state index in [1.807, 2.05) is 48.5 Å². The number of nitrogens with zero attached hydrogens (tertiary/aromatic N) is 3. The van der Waals surface area contributed by atoms with Gasteiger partial charge in [0.1, 0.15) is 5.82 Å². The highest BCUT2D eigenvalue weighted by Crippen LogP contribution is 2.40. The number of aromatic nitrogens is 2. The third-order valence-corrected chi connectivity index (χ3v) is 8.62. The summed E-state index contributed by atoms with van der Waals surface area (Å²) in [6, 6.07) is 20.1. The van der Waals surface area contributed by atoms with Crippen molar-refractivity contribution in [1.82, 2.24) is 14.5 Å². The minimum absolute atomic E-state index is 0.0817. The monoisotopic (exact) mass is 490 g/mol. The van der Waals surface area contributed by atoms with Crippen molar-refractivity contribution in [3.63, 3.8) is 0 Å². The molecule has 2 heterocycles. The number of halogens is 1. The lowest BCUT2D eigenvalue weighted by Crippen LogP contribution is -2.41. The average molecular weight is 491 g/mol. The van der Waals surface area contributed by atoms with Crippen molar-refractivity contribution in [2.24, 2.45) is 0 Å². The van der Waals surface area contributed by atoms with Crippen LogP contribution in [0.1, 0.15) is 30.9 Å². The number of rotatable bonds is 6. The molecule has 6 rings (SSSR count). The molecule has 9 heteroatoms. The summed E-state index contributed by atoms with van der Waals surface area (Å²) in [5.41, 5.74) is 3.07. The van der Waals surface area contributed by atoms with E-state index in [0.717, 1.165) is 22.2 Å². The number of benzene rings is 3. The van der Waals surface area contributed by atoms with Crippen molar-refractivity contribution in [1.29, 1.82) is 0 Å². The van der Waals surface area contributed by atoms with Gasteiger partial charge >= 0.3 is 0 Å². The fourth-order valence-corrected chi connectivity index (χ4v) is 6.40. The quantitative estimate of drug-likeness (QED) is 0.441. The molecule has 7 nitrogen and oxygen atoms in total. The summed E-state index contributed by atoms with van der Waals surface area (Å²) in [7, 11) is -3.47. The summed E-state index contributed by atoms with van der Waals surface area (Å²) in [6.07, 6.45) is 3.10. The molecule has 1 aromatic heterocycles. The summed E-state index contributed by atoms with van der Waals surface area (Å²) in [5.74, 6) is -0.466. The second kappa shape index (κ2) is 8.28. The Kier molecular flexibility index (Phi) is 5.19. The Morgan fingerprint density at radius 3 is 2.37 bits per heavy atom. The highest BCUT2D eigenvalue weighted by Gasteiger charge is 2.46. The molecule has 1 N–H and O–H groups in total. The first kappa shape index (κ1) is 21.9. The van der Waals surface area contributed by atoms with E-state index in [9.17, 15) is 17.6 Å². The number of amides is 1. The Balaban J connectivity index is 1.39. The molecule has 1 aliphatic carbocycles. The van der Waals surface area contributed by atoms with E-state index in [2.05, 4.69) is 9.82 Å². The van der Waals surface area contributed by atoms with Gasteiger partial charge < -0.3 is 4.90 Å². The van der Waals surface area contributed by atoms with Crippen LogP contribution in [0.4, 0.5) is 10.1 Å². The first-order valence-corrected chi connectivity index (χ1v) is 13.1. The lowest BCUT2D eigenvalue weighted by atomic mass is 10.0. The van der Waals surface area contributed by atoms with Gasteiger partial charge in [-0.3, -0.25) is 4.79 Å². The Morgan fingerprint density at radius 1 is 0.943 bits per heavy atom. The normalized spacial score (nSPS) is 20.6. The average Bonchev–Trinajstić information content (AvgIpc) is 3.57. The fraction of sp³-hybridized carbons (Fsp3) is 0.231. The summed E-state index contributed by atoms with van der Waals surface area (Å²) in [5, 5.41) is 4.90. The maximum absolute atomic E-state index is 13.4. The molecule has 2 atom stereocenters. The molecule has 0 spiro atoms. The number of anilines is 1. The molecule has 0 radical (unpaired) electrons. The van der Waals surface area contributed by atoms with Crippen molar-refractivity contribution in [3.05, 3.63) is 90.4 Å². The Morgan fingerprint density at radius 2 is 1.66 bits per heavy atom. The maximum atomic E-state index is 13.4. The van der Waals surface area contributed by atoms with E-state index in [-0.39, 0.29) is 23.4 Å². The molecule has 1 amide bonds. The van der Waals surface area contributed by atoms with Crippen LogP contribution in [0.2, 0.25) is 0 Å². The molecule has 1 aliphatic heterocycles. The lowest BCUT2D eigenvalue weighted by Gasteiger charge is -2.29. The molecule has 4 aromatic rings. The van der Waals surface area contributed by atoms with Crippen LogP contribution < -0.4 is 9.62 Å². The van der Waals surface area contributed by atoms with Crippen molar-refractivity contribution in [2.75, 3.05) is 4.90 Å². The van der Waals surface area contributed by atoms with E-state index in [0.29, 0.717) is 18.5 Å². The largest absolute Gasteiger partial charge is 0.303 e. The van der Waals surface area contributed by atoms with Crippen molar-refractivity contribution < 1.29 is 17.6 Å². The molecule has 2 fully saturated rings. The molecule has 1 saturated carbocycles. The van der Waals surface area contributed by atoms with Crippen LogP contribution in [0, 0.1) is 5.82 Å². The Labute approximate surface area is 202 Å². The van der Waals surface area contributed by atoms with Gasteiger partial charge in [-0.05, 0) is 60.9 Å². The van der Waals surface area contributed by atoms with Gasteiger partial charge in [0.25, 0.3) is 0 Å². The van der Waals surface area contributed by atoms with Gasteiger partial charge in [0.15, 0.2) is 0 Å². The smallest absolute Gasteiger partial charge is 0.229 e. The summed E-state index contributed by atoms with van der Waals surface area (Å²) >= 11 is 0. The topological polar surface area (TPSA) is 84.3 Å². The molecule has 2 aliphatic rings. The van der Waals surface area contributed by atoms with E-state index in [1.165, 1.54) is 12.1 Å². The molecule has 1 saturated heterocycles. The SMILES string of the molecule is O=C1CC(NS(=O)(=O)C2CC2)C(c2ccccc2)N1c1ccc2c(cnn2-c2ccc(F)cc2)c1. The maximum Gasteiger partial charge on any atom is 0.229 e. The Bertz CT molecular complexity index is 1520. The summed E-state index contributed by atoms with van der Waals surface area (Å²) < 4.78 is 43.4. The fourth-order valence-electron chi connectivity index (χ4n) is 4.82. The first-order chi connectivity index (χ1) is 16.9. The highest BCUT2D eigenvalue weighted by atomic mass is 32.2. The number of nitrogens with one attached hydrogen (secondary N) is 1. The van der Waals surface area contributed by atoms with Crippen LogP contribution in [0.25, 0.3) is 16.6 Å². The molecular formula is C26H23FN4O3S. The summed E-state index contributed by atoms with van der Waals surface area (Å²) in [6.45, 7) is 0. The third-order valence-electron chi connectivity index (χ3n) is 6.64.